The lowest BCUT2D eigenvalue weighted by Gasteiger charge is -2.18. The van der Waals surface area contributed by atoms with Crippen LogP contribution in [0.1, 0.15) is 213 Å². The van der Waals surface area contributed by atoms with Gasteiger partial charge in [-0.15, -0.1) is 0 Å². The molecule has 2 atom stereocenters. The maximum Gasteiger partial charge on any atom is 0.328 e. The van der Waals surface area contributed by atoms with Crippen molar-refractivity contribution < 1.29 is 34.1 Å². The van der Waals surface area contributed by atoms with E-state index >= 15 is 0 Å². The zero-order valence-electron chi connectivity index (χ0n) is 41.7. The number of carboxylic acids is 1. The largest absolute Gasteiger partial charge is 0.480 e. The van der Waals surface area contributed by atoms with E-state index in [-0.39, 0.29) is 30.9 Å². The zero-order valence-corrected chi connectivity index (χ0v) is 41.7. The van der Waals surface area contributed by atoms with Gasteiger partial charge < -0.3 is 25.6 Å². The second-order valence-electron chi connectivity index (χ2n) is 17.2. The predicted octanol–water partition coefficient (Wildman–Crippen LogP) is 14.2. The molecule has 0 radical (unpaired) electrons. The lowest BCUT2D eigenvalue weighted by molar-refractivity contribution is -0.150. The van der Waals surface area contributed by atoms with E-state index in [1.807, 2.05) is 0 Å². The average Bonchev–Trinajstić information content (AvgIpc) is 3.30. The monoisotopic (exact) mass is 919 g/mol. The number of allylic oxidation sites excluding steroid dienone is 16. The number of aliphatic hydroxyl groups is 1. The third-order valence-corrected chi connectivity index (χ3v) is 11.1. The van der Waals surface area contributed by atoms with Crippen LogP contribution in [0.4, 0.5) is 0 Å². The number of hydrogen-bond acceptors (Lipinski definition) is 6. The number of aliphatic carboxylic acids is 1. The van der Waals surface area contributed by atoms with Crippen LogP contribution in [0, 0.1) is 0 Å². The number of amides is 2. The number of aliphatic hydroxyl groups excluding tert-OH is 1. The fraction of sp³-hybridized carbons (Fsp3) is 0.649. The highest BCUT2D eigenvalue weighted by Gasteiger charge is 2.19. The summed E-state index contributed by atoms with van der Waals surface area (Å²) in [6.07, 6.45) is 67.2. The smallest absolute Gasteiger partial charge is 0.328 e. The summed E-state index contributed by atoms with van der Waals surface area (Å²) < 4.78 is 6.05. The van der Waals surface area contributed by atoms with Crippen LogP contribution in [0.2, 0.25) is 0 Å². The summed E-state index contributed by atoms with van der Waals surface area (Å²) in [5, 5.41) is 22.6. The van der Waals surface area contributed by atoms with Crippen molar-refractivity contribution >= 4 is 23.8 Å². The molecule has 0 spiro atoms. The van der Waals surface area contributed by atoms with Gasteiger partial charge in [-0.3, -0.25) is 14.4 Å². The Morgan fingerprint density at radius 3 is 1.32 bits per heavy atom. The van der Waals surface area contributed by atoms with Crippen molar-refractivity contribution in [2.24, 2.45) is 0 Å². The van der Waals surface area contributed by atoms with Crippen molar-refractivity contribution in [3.05, 3.63) is 97.2 Å². The Balaban J connectivity index is 4.42. The summed E-state index contributed by atoms with van der Waals surface area (Å²) in [5.74, 6) is -2.35. The molecule has 66 heavy (non-hydrogen) atoms. The summed E-state index contributed by atoms with van der Waals surface area (Å²) >= 11 is 0. The second-order valence-corrected chi connectivity index (χ2v) is 17.2. The molecule has 0 fully saturated rings. The number of carbonyl (C=O) groups excluding carboxylic acids is 3. The van der Waals surface area contributed by atoms with Gasteiger partial charge in [0.2, 0.25) is 11.8 Å². The van der Waals surface area contributed by atoms with Crippen LogP contribution in [0.5, 0.6) is 0 Å². The van der Waals surface area contributed by atoms with Gasteiger partial charge in [0.05, 0.1) is 13.2 Å². The fourth-order valence-electron chi connectivity index (χ4n) is 7.10. The predicted molar refractivity (Wildman–Crippen MR) is 277 cm³/mol. The van der Waals surface area contributed by atoms with E-state index in [9.17, 15) is 19.2 Å². The van der Waals surface area contributed by atoms with Crippen LogP contribution in [-0.2, 0) is 23.9 Å². The molecular formula is C57H94N2O7. The Bertz CT molecular complexity index is 1420. The molecule has 9 heteroatoms. The highest BCUT2D eigenvalue weighted by Crippen LogP contribution is 2.18. The first-order valence-corrected chi connectivity index (χ1v) is 26.1. The van der Waals surface area contributed by atoms with E-state index in [4.69, 9.17) is 14.9 Å². The molecule has 0 saturated heterocycles. The molecule has 0 aromatic heterocycles. The quantitative estimate of drug-likeness (QED) is 0.0271. The number of rotatable bonds is 46. The summed E-state index contributed by atoms with van der Waals surface area (Å²) in [4.78, 5) is 47.8. The van der Waals surface area contributed by atoms with E-state index in [1.54, 1.807) is 0 Å². The molecule has 2 amide bonds. The van der Waals surface area contributed by atoms with Crippen LogP contribution in [0.3, 0.4) is 0 Å². The summed E-state index contributed by atoms with van der Waals surface area (Å²) in [7, 11) is 0. The molecule has 9 nitrogen and oxygen atoms in total. The lowest BCUT2D eigenvalue weighted by atomic mass is 10.0. The zero-order chi connectivity index (χ0) is 48.2. The molecule has 0 heterocycles. The summed E-state index contributed by atoms with van der Waals surface area (Å²) in [5.41, 5.74) is 0. The van der Waals surface area contributed by atoms with Gasteiger partial charge >= 0.3 is 11.9 Å². The molecule has 0 aromatic carbocycles. The normalized spacial score (nSPS) is 13.3. The number of carboxylic acid groups (broad SMARTS) is 1. The Kier molecular flexibility index (Phi) is 47.0. The van der Waals surface area contributed by atoms with Crippen LogP contribution in [0.15, 0.2) is 97.2 Å². The minimum Gasteiger partial charge on any atom is -0.480 e. The van der Waals surface area contributed by atoms with Gasteiger partial charge in [-0.05, 0) is 122 Å². The molecule has 0 rings (SSSR count). The molecule has 0 aliphatic carbocycles. The van der Waals surface area contributed by atoms with Crippen molar-refractivity contribution in [2.45, 2.75) is 225 Å². The highest BCUT2D eigenvalue weighted by molar-refractivity contribution is 5.87. The maximum absolute atomic E-state index is 12.9. The van der Waals surface area contributed by atoms with Gasteiger partial charge in [0.25, 0.3) is 0 Å². The van der Waals surface area contributed by atoms with Crippen LogP contribution >= 0.6 is 0 Å². The van der Waals surface area contributed by atoms with E-state index in [0.717, 1.165) is 141 Å². The van der Waals surface area contributed by atoms with Gasteiger partial charge in [-0.1, -0.05) is 175 Å². The maximum atomic E-state index is 12.9. The first-order chi connectivity index (χ1) is 32.3. The van der Waals surface area contributed by atoms with Crippen LogP contribution in [-0.4, -0.2) is 59.3 Å². The van der Waals surface area contributed by atoms with Crippen molar-refractivity contribution in [2.75, 3.05) is 13.2 Å². The van der Waals surface area contributed by atoms with Crippen LogP contribution < -0.4 is 10.6 Å². The minimum atomic E-state index is -1.39. The van der Waals surface area contributed by atoms with Gasteiger partial charge in [-0.25, -0.2) is 4.79 Å². The first kappa shape index (κ1) is 61.8. The number of hydrogen-bond donors (Lipinski definition) is 4. The van der Waals surface area contributed by atoms with E-state index in [1.165, 1.54) is 38.5 Å². The Labute approximate surface area is 402 Å². The standard InChI is InChI=1S/C57H94N2O7/c1-3-5-7-9-11-13-15-17-19-20-21-22-23-24-25-26-28-30-32-34-36-41-45-49-56(63)66-52(46-42-38-35-33-31-29-27-18-16-14-12-10-8-6-4-2)47-43-39-37-40-44-48-54(61)58-50-55(62)59-53(51-60)57(64)65/h5,7,11,13,16-19,21-22,24-25,28-31,52-53,60H,3-4,6,8-10,12,14-15,20,23,26-27,32-51H2,1-2H3,(H,58,61)(H,59,62)(H,64,65)/b7-5-,13-11-,18-16-,19-17-,22-21-,25-24-,30-28-,31-29-. The van der Waals surface area contributed by atoms with Crippen molar-refractivity contribution in [1.29, 1.82) is 0 Å². The summed E-state index contributed by atoms with van der Waals surface area (Å²) in [6, 6.07) is -1.39. The van der Waals surface area contributed by atoms with Gasteiger partial charge in [0, 0.05) is 12.8 Å². The molecule has 0 bridgehead atoms. The van der Waals surface area contributed by atoms with Gasteiger partial charge in [-0.2, -0.15) is 0 Å². The Morgan fingerprint density at radius 2 is 0.864 bits per heavy atom. The van der Waals surface area contributed by atoms with E-state index in [2.05, 4.69) is 122 Å². The van der Waals surface area contributed by atoms with Gasteiger partial charge in [0.1, 0.15) is 12.1 Å². The molecular weight excluding hydrogens is 825 g/mol. The molecule has 0 saturated carbocycles. The molecule has 0 aromatic rings. The molecule has 0 aliphatic heterocycles. The fourth-order valence-corrected chi connectivity index (χ4v) is 7.10. The van der Waals surface area contributed by atoms with Crippen molar-refractivity contribution in [3.63, 3.8) is 0 Å². The number of carbonyl (C=O) groups is 4. The average molecular weight is 919 g/mol. The second kappa shape index (κ2) is 50.2. The number of ether oxygens (including phenoxy) is 1. The Hall–Kier alpha value is -4.24. The number of esters is 1. The SMILES string of the molecule is CC/C=C\C/C=C\C/C=C\C/C=C\C/C=C\C/C=C\CCCCCCC(=O)OC(CCCCC/C=C\C/C=C\CCCCCCC)CCCCCCCC(=O)NCC(=O)NC(CO)C(=O)O. The third-order valence-electron chi connectivity index (χ3n) is 11.1. The van der Waals surface area contributed by atoms with E-state index < -0.39 is 24.5 Å². The lowest BCUT2D eigenvalue weighted by Crippen LogP contribution is -2.47. The molecule has 0 aliphatic rings. The first-order valence-electron chi connectivity index (χ1n) is 26.1. The van der Waals surface area contributed by atoms with Crippen molar-refractivity contribution in [3.8, 4) is 0 Å². The summed E-state index contributed by atoms with van der Waals surface area (Å²) in [6.45, 7) is 3.35. The van der Waals surface area contributed by atoms with Crippen molar-refractivity contribution in [1.82, 2.24) is 10.6 Å². The third kappa shape index (κ3) is 46.3. The highest BCUT2D eigenvalue weighted by atomic mass is 16.5. The van der Waals surface area contributed by atoms with Gasteiger partial charge in [0.15, 0.2) is 0 Å². The molecule has 4 N–H and O–H groups in total. The van der Waals surface area contributed by atoms with Crippen LogP contribution in [0.25, 0.3) is 0 Å². The molecule has 2 unspecified atom stereocenters. The Morgan fingerprint density at radius 1 is 0.470 bits per heavy atom. The number of unbranched alkanes of at least 4 members (excludes halogenated alkanes) is 16. The molecule has 374 valence electrons. The van der Waals surface area contributed by atoms with E-state index in [0.29, 0.717) is 12.8 Å². The number of nitrogens with one attached hydrogen (secondary N) is 2. The topological polar surface area (TPSA) is 142 Å². The minimum absolute atomic E-state index is 0.0586.